The standard InChI is InChI=1S/C14H25N3/c1-10-7-8-12(9-11(10)2)13(16-15)14(3,4)17(5)6/h7-9,13,16H,15H2,1-6H3. The van der Waals surface area contributed by atoms with Crippen molar-refractivity contribution in [2.24, 2.45) is 5.84 Å². The van der Waals surface area contributed by atoms with E-state index in [9.17, 15) is 0 Å². The maximum Gasteiger partial charge on any atom is 0.0638 e. The quantitative estimate of drug-likeness (QED) is 0.620. The van der Waals surface area contributed by atoms with Crippen LogP contribution in [0.5, 0.6) is 0 Å². The number of likely N-dealkylation sites (N-methyl/N-ethyl adjacent to an activating group) is 1. The predicted molar refractivity (Wildman–Crippen MR) is 73.7 cm³/mol. The Morgan fingerprint density at radius 1 is 1.18 bits per heavy atom. The minimum absolute atomic E-state index is 0.0452. The van der Waals surface area contributed by atoms with Crippen LogP contribution in [0, 0.1) is 13.8 Å². The van der Waals surface area contributed by atoms with Crippen molar-refractivity contribution in [3.63, 3.8) is 0 Å². The summed E-state index contributed by atoms with van der Waals surface area (Å²) in [5.41, 5.74) is 6.75. The van der Waals surface area contributed by atoms with Crippen LogP contribution in [-0.2, 0) is 0 Å². The second kappa shape index (κ2) is 5.17. The smallest absolute Gasteiger partial charge is 0.0638 e. The molecule has 0 aromatic heterocycles. The molecule has 96 valence electrons. The van der Waals surface area contributed by atoms with Crippen LogP contribution in [0.4, 0.5) is 0 Å². The minimum atomic E-state index is -0.0452. The number of hydrogen-bond acceptors (Lipinski definition) is 3. The number of nitrogens with zero attached hydrogens (tertiary/aromatic N) is 1. The van der Waals surface area contributed by atoms with Crippen molar-refractivity contribution in [3.8, 4) is 0 Å². The molecule has 0 saturated carbocycles. The zero-order valence-electron chi connectivity index (χ0n) is 11.8. The summed E-state index contributed by atoms with van der Waals surface area (Å²) in [6.45, 7) is 8.63. The lowest BCUT2D eigenvalue weighted by molar-refractivity contribution is 0.138. The van der Waals surface area contributed by atoms with Crippen LogP contribution in [0.1, 0.15) is 36.6 Å². The number of aryl methyl sites for hydroxylation is 2. The van der Waals surface area contributed by atoms with Crippen LogP contribution in [0.3, 0.4) is 0 Å². The van der Waals surface area contributed by atoms with Gasteiger partial charge in [-0.05, 0) is 58.5 Å². The van der Waals surface area contributed by atoms with Crippen molar-refractivity contribution >= 4 is 0 Å². The molecule has 1 unspecified atom stereocenters. The summed E-state index contributed by atoms with van der Waals surface area (Å²) in [4.78, 5) is 2.19. The largest absolute Gasteiger partial charge is 0.302 e. The Kier molecular flexibility index (Phi) is 4.31. The fraction of sp³-hybridized carbons (Fsp3) is 0.571. The zero-order chi connectivity index (χ0) is 13.2. The van der Waals surface area contributed by atoms with Gasteiger partial charge in [-0.15, -0.1) is 0 Å². The van der Waals surface area contributed by atoms with Crippen LogP contribution in [0.15, 0.2) is 18.2 Å². The molecule has 0 saturated heterocycles. The first-order chi connectivity index (χ1) is 7.80. The third-order valence-electron chi connectivity index (χ3n) is 3.89. The lowest BCUT2D eigenvalue weighted by Crippen LogP contribution is -2.51. The molecule has 17 heavy (non-hydrogen) atoms. The highest BCUT2D eigenvalue weighted by atomic mass is 15.3. The highest BCUT2D eigenvalue weighted by molar-refractivity contribution is 5.33. The molecule has 3 nitrogen and oxygen atoms in total. The summed E-state index contributed by atoms with van der Waals surface area (Å²) in [5, 5.41) is 0. The van der Waals surface area contributed by atoms with Gasteiger partial charge >= 0.3 is 0 Å². The molecule has 3 N–H and O–H groups in total. The summed E-state index contributed by atoms with van der Waals surface area (Å²) in [5.74, 6) is 5.74. The van der Waals surface area contributed by atoms with Gasteiger partial charge in [0.2, 0.25) is 0 Å². The summed E-state index contributed by atoms with van der Waals surface area (Å²) < 4.78 is 0. The summed E-state index contributed by atoms with van der Waals surface area (Å²) >= 11 is 0. The monoisotopic (exact) mass is 235 g/mol. The Hall–Kier alpha value is -0.900. The lowest BCUT2D eigenvalue weighted by Gasteiger charge is -2.40. The van der Waals surface area contributed by atoms with Gasteiger partial charge in [0.25, 0.3) is 0 Å². The fourth-order valence-electron chi connectivity index (χ4n) is 1.91. The van der Waals surface area contributed by atoms with E-state index in [1.807, 2.05) is 0 Å². The highest BCUT2D eigenvalue weighted by Crippen LogP contribution is 2.29. The average Bonchev–Trinajstić information content (AvgIpc) is 2.23. The molecular weight excluding hydrogens is 210 g/mol. The Morgan fingerprint density at radius 2 is 1.76 bits per heavy atom. The van der Waals surface area contributed by atoms with E-state index in [4.69, 9.17) is 5.84 Å². The van der Waals surface area contributed by atoms with E-state index in [1.165, 1.54) is 16.7 Å². The number of hydrazine groups is 1. The van der Waals surface area contributed by atoms with Crippen molar-refractivity contribution in [1.29, 1.82) is 0 Å². The number of benzene rings is 1. The van der Waals surface area contributed by atoms with Crippen LogP contribution < -0.4 is 11.3 Å². The van der Waals surface area contributed by atoms with Crippen molar-refractivity contribution in [3.05, 3.63) is 34.9 Å². The van der Waals surface area contributed by atoms with E-state index in [2.05, 4.69) is 70.3 Å². The Bertz CT molecular complexity index is 383. The molecule has 0 heterocycles. The van der Waals surface area contributed by atoms with Crippen molar-refractivity contribution < 1.29 is 0 Å². The Balaban J connectivity index is 3.14. The molecule has 0 spiro atoms. The Labute approximate surface area is 105 Å². The third kappa shape index (κ3) is 2.86. The molecule has 1 atom stereocenters. The SMILES string of the molecule is Cc1ccc(C(NN)C(C)(C)N(C)C)cc1C. The third-order valence-corrected chi connectivity index (χ3v) is 3.89. The van der Waals surface area contributed by atoms with Crippen molar-refractivity contribution in [2.75, 3.05) is 14.1 Å². The molecule has 1 aromatic rings. The second-order valence-electron chi connectivity index (χ2n) is 5.49. The van der Waals surface area contributed by atoms with Crippen LogP contribution in [0.25, 0.3) is 0 Å². The van der Waals surface area contributed by atoms with Crippen LogP contribution >= 0.6 is 0 Å². The van der Waals surface area contributed by atoms with Crippen LogP contribution in [-0.4, -0.2) is 24.5 Å². The van der Waals surface area contributed by atoms with Gasteiger partial charge in [-0.2, -0.15) is 0 Å². The number of nitrogens with two attached hydrogens (primary N) is 1. The van der Waals surface area contributed by atoms with Gasteiger partial charge in [0.1, 0.15) is 0 Å². The number of hydrogen-bond donors (Lipinski definition) is 2. The normalized spacial score (nSPS) is 14.1. The molecule has 0 fully saturated rings. The fourth-order valence-corrected chi connectivity index (χ4v) is 1.91. The highest BCUT2D eigenvalue weighted by Gasteiger charge is 2.32. The summed E-state index contributed by atoms with van der Waals surface area (Å²) in [6.07, 6.45) is 0. The zero-order valence-corrected chi connectivity index (χ0v) is 11.8. The molecule has 0 aliphatic heterocycles. The maximum absolute atomic E-state index is 5.74. The van der Waals surface area contributed by atoms with E-state index < -0.39 is 0 Å². The molecule has 1 aromatic carbocycles. The first-order valence-electron chi connectivity index (χ1n) is 6.01. The summed E-state index contributed by atoms with van der Waals surface area (Å²) in [7, 11) is 4.15. The van der Waals surface area contributed by atoms with Crippen molar-refractivity contribution in [2.45, 2.75) is 39.3 Å². The molecule has 0 bridgehead atoms. The molecular formula is C14H25N3. The van der Waals surface area contributed by atoms with Gasteiger partial charge in [-0.3, -0.25) is 11.3 Å². The predicted octanol–water partition coefficient (Wildman–Crippen LogP) is 2.15. The van der Waals surface area contributed by atoms with E-state index in [0.29, 0.717) is 0 Å². The average molecular weight is 235 g/mol. The molecule has 0 aliphatic rings. The second-order valence-corrected chi connectivity index (χ2v) is 5.49. The van der Waals surface area contributed by atoms with Gasteiger partial charge in [-0.1, -0.05) is 18.2 Å². The number of rotatable bonds is 4. The van der Waals surface area contributed by atoms with Gasteiger partial charge < -0.3 is 4.90 Å². The van der Waals surface area contributed by atoms with E-state index >= 15 is 0 Å². The minimum Gasteiger partial charge on any atom is -0.302 e. The molecule has 0 aliphatic carbocycles. The van der Waals surface area contributed by atoms with E-state index in [0.717, 1.165) is 0 Å². The van der Waals surface area contributed by atoms with Crippen molar-refractivity contribution in [1.82, 2.24) is 10.3 Å². The Morgan fingerprint density at radius 3 is 2.18 bits per heavy atom. The van der Waals surface area contributed by atoms with E-state index in [-0.39, 0.29) is 11.6 Å². The van der Waals surface area contributed by atoms with Gasteiger partial charge in [0, 0.05) is 5.54 Å². The van der Waals surface area contributed by atoms with Crippen LogP contribution in [0.2, 0.25) is 0 Å². The van der Waals surface area contributed by atoms with Gasteiger partial charge in [0.05, 0.1) is 6.04 Å². The molecule has 3 heteroatoms. The maximum atomic E-state index is 5.74. The topological polar surface area (TPSA) is 41.3 Å². The number of nitrogens with one attached hydrogen (secondary N) is 1. The first kappa shape index (κ1) is 14.2. The molecule has 0 radical (unpaired) electrons. The van der Waals surface area contributed by atoms with Gasteiger partial charge in [0.15, 0.2) is 0 Å². The lowest BCUT2D eigenvalue weighted by atomic mass is 9.87. The summed E-state index contributed by atoms with van der Waals surface area (Å²) in [6, 6.07) is 6.63. The first-order valence-corrected chi connectivity index (χ1v) is 6.01. The van der Waals surface area contributed by atoms with E-state index in [1.54, 1.807) is 0 Å². The molecule has 1 rings (SSSR count). The molecule has 0 amide bonds. The van der Waals surface area contributed by atoms with Gasteiger partial charge in [-0.25, -0.2) is 0 Å².